The first-order chi connectivity index (χ1) is 13.3. The third kappa shape index (κ3) is 5.00. The molecule has 3 rings (SSSR count). The zero-order chi connectivity index (χ0) is 20.3. The van der Waals surface area contributed by atoms with Gasteiger partial charge >= 0.3 is 0 Å². The van der Waals surface area contributed by atoms with Crippen molar-refractivity contribution in [1.29, 1.82) is 0 Å². The van der Waals surface area contributed by atoms with E-state index < -0.39 is 10.1 Å². The lowest BCUT2D eigenvalue weighted by Gasteiger charge is -2.24. The summed E-state index contributed by atoms with van der Waals surface area (Å²) in [5.74, 6) is 0.489. The molecule has 2 atom stereocenters. The Hall–Kier alpha value is -1.28. The van der Waals surface area contributed by atoms with Crippen molar-refractivity contribution in [3.63, 3.8) is 0 Å². The molecular formula is C20H23ClFNO3S2. The monoisotopic (exact) mass is 443 g/mol. The molecular weight excluding hydrogens is 421 g/mol. The minimum Gasteiger partial charge on any atom is -0.384 e. The number of thioether (sulfide) groups is 1. The van der Waals surface area contributed by atoms with Gasteiger partial charge in [0.2, 0.25) is 0 Å². The number of halogens is 2. The molecule has 0 aromatic heterocycles. The molecule has 1 heterocycles. The third-order valence-corrected chi connectivity index (χ3v) is 6.41. The van der Waals surface area contributed by atoms with E-state index in [1.807, 2.05) is 36.6 Å². The molecule has 0 fully saturated rings. The highest BCUT2D eigenvalue weighted by Gasteiger charge is 2.33. The van der Waals surface area contributed by atoms with E-state index >= 15 is 0 Å². The number of benzene rings is 2. The predicted molar refractivity (Wildman–Crippen MR) is 114 cm³/mol. The van der Waals surface area contributed by atoms with Crippen molar-refractivity contribution in [1.82, 2.24) is 0 Å². The second kappa shape index (κ2) is 9.03. The summed E-state index contributed by atoms with van der Waals surface area (Å²) in [6, 6.07) is 10.9. The summed E-state index contributed by atoms with van der Waals surface area (Å²) >= 11 is 7.61. The number of rotatable bonds is 8. The fourth-order valence-electron chi connectivity index (χ4n) is 3.76. The van der Waals surface area contributed by atoms with E-state index in [4.69, 9.17) is 15.8 Å². The van der Waals surface area contributed by atoms with Crippen LogP contribution >= 0.6 is 23.4 Å². The van der Waals surface area contributed by atoms with E-state index in [2.05, 4.69) is 5.32 Å². The molecule has 2 aromatic carbocycles. The molecule has 4 nitrogen and oxygen atoms in total. The number of hydrogen-bond donors (Lipinski definition) is 1. The predicted octanol–water partition coefficient (Wildman–Crippen LogP) is 5.00. The molecule has 1 aliphatic heterocycles. The van der Waals surface area contributed by atoms with Crippen molar-refractivity contribution in [2.24, 2.45) is 0 Å². The summed E-state index contributed by atoms with van der Waals surface area (Å²) in [6.07, 6.45) is 3.52. The minimum absolute atomic E-state index is 0.0142. The van der Waals surface area contributed by atoms with Crippen LogP contribution in [0.1, 0.15) is 34.9 Å². The van der Waals surface area contributed by atoms with E-state index in [9.17, 15) is 12.8 Å². The minimum atomic E-state index is -3.50. The van der Waals surface area contributed by atoms with Gasteiger partial charge in [0.05, 0.1) is 12.9 Å². The number of fused-ring (bicyclic) bond motifs is 1. The summed E-state index contributed by atoms with van der Waals surface area (Å²) in [5, 5.41) is 4.02. The van der Waals surface area contributed by atoms with Crippen molar-refractivity contribution >= 4 is 39.2 Å². The summed E-state index contributed by atoms with van der Waals surface area (Å²) in [4.78, 5) is 0. The van der Waals surface area contributed by atoms with Gasteiger partial charge in [-0.2, -0.15) is 20.2 Å². The Bertz CT molecular complexity index is 935. The molecule has 1 aliphatic rings. The molecule has 0 amide bonds. The first-order valence-electron chi connectivity index (χ1n) is 8.94. The van der Waals surface area contributed by atoms with Gasteiger partial charge in [-0.3, -0.25) is 4.18 Å². The van der Waals surface area contributed by atoms with Crippen LogP contribution < -0.4 is 5.32 Å². The van der Waals surface area contributed by atoms with Gasteiger partial charge in [0, 0.05) is 34.5 Å². The Labute approximate surface area is 174 Å². The van der Waals surface area contributed by atoms with Crippen LogP contribution in [0.3, 0.4) is 0 Å². The van der Waals surface area contributed by atoms with Gasteiger partial charge in [0.25, 0.3) is 10.1 Å². The summed E-state index contributed by atoms with van der Waals surface area (Å²) in [7, 11) is -3.50. The number of anilines is 1. The van der Waals surface area contributed by atoms with Crippen LogP contribution in [0.15, 0.2) is 36.4 Å². The number of nitrogens with one attached hydrogen (secondary N) is 1. The van der Waals surface area contributed by atoms with Crippen LogP contribution in [-0.2, 0) is 20.1 Å². The highest BCUT2D eigenvalue weighted by molar-refractivity contribution is 7.97. The highest BCUT2D eigenvalue weighted by Crippen LogP contribution is 2.45. The van der Waals surface area contributed by atoms with Gasteiger partial charge < -0.3 is 5.32 Å². The maximum Gasteiger partial charge on any atom is 0.264 e. The van der Waals surface area contributed by atoms with Crippen LogP contribution in [0.2, 0.25) is 5.02 Å². The van der Waals surface area contributed by atoms with Crippen LogP contribution in [0.4, 0.5) is 10.1 Å². The van der Waals surface area contributed by atoms with Crippen molar-refractivity contribution in [2.75, 3.05) is 31.0 Å². The van der Waals surface area contributed by atoms with Gasteiger partial charge in [-0.1, -0.05) is 29.8 Å². The first kappa shape index (κ1) is 21.4. The smallest absolute Gasteiger partial charge is 0.264 e. The number of hydrogen-bond acceptors (Lipinski definition) is 5. The largest absolute Gasteiger partial charge is 0.384 e. The van der Waals surface area contributed by atoms with E-state index in [0.717, 1.165) is 23.1 Å². The molecule has 0 bridgehead atoms. The fraction of sp³-hybridized carbons (Fsp3) is 0.400. The summed E-state index contributed by atoms with van der Waals surface area (Å²) < 4.78 is 42.0. The molecule has 0 spiro atoms. The van der Waals surface area contributed by atoms with Crippen LogP contribution in [0, 0.1) is 5.82 Å². The first-order valence-corrected chi connectivity index (χ1v) is 12.5. The average molecular weight is 444 g/mol. The topological polar surface area (TPSA) is 55.4 Å². The lowest BCUT2D eigenvalue weighted by molar-refractivity contribution is 0.296. The van der Waals surface area contributed by atoms with E-state index in [1.54, 1.807) is 11.8 Å². The Balaban J connectivity index is 1.93. The van der Waals surface area contributed by atoms with Gasteiger partial charge in [0.1, 0.15) is 5.82 Å². The SMILES string of the molecule is CSCc1c(F)ccc2c1NCC2C(CCOS(C)(=O)=O)c1ccc(Cl)cc1. The maximum absolute atomic E-state index is 14.3. The zero-order valence-corrected chi connectivity index (χ0v) is 18.1. The molecule has 8 heteroatoms. The molecule has 152 valence electrons. The van der Waals surface area contributed by atoms with Crippen LogP contribution in [-0.4, -0.2) is 34.1 Å². The average Bonchev–Trinajstić information content (AvgIpc) is 3.05. The second-order valence-electron chi connectivity index (χ2n) is 6.88. The summed E-state index contributed by atoms with van der Waals surface area (Å²) in [6.45, 7) is 0.753. The highest BCUT2D eigenvalue weighted by atomic mass is 35.5. The Kier molecular flexibility index (Phi) is 6.91. The van der Waals surface area contributed by atoms with Gasteiger partial charge in [-0.15, -0.1) is 0 Å². The van der Waals surface area contributed by atoms with E-state index in [1.165, 1.54) is 6.07 Å². The lowest BCUT2D eigenvalue weighted by Crippen LogP contribution is -2.17. The second-order valence-corrected chi connectivity index (χ2v) is 9.83. The van der Waals surface area contributed by atoms with E-state index in [-0.39, 0.29) is 24.3 Å². The zero-order valence-electron chi connectivity index (χ0n) is 15.7. The molecule has 0 saturated carbocycles. The standard InChI is InChI=1S/C20H23ClFNO3S2/c1-27-12-18-19(22)8-7-16-17(11-23-20(16)18)15(9-10-26-28(2,24)25)13-3-5-14(21)6-4-13/h3-8,15,17,23H,9-12H2,1-2H3. The summed E-state index contributed by atoms with van der Waals surface area (Å²) in [5.41, 5.74) is 3.67. The third-order valence-electron chi connectivity index (χ3n) is 4.98. The Morgan fingerprint density at radius 1 is 1.29 bits per heavy atom. The molecule has 2 aromatic rings. The quantitative estimate of drug-likeness (QED) is 0.582. The van der Waals surface area contributed by atoms with Crippen molar-refractivity contribution < 1.29 is 17.0 Å². The maximum atomic E-state index is 14.3. The molecule has 1 N–H and O–H groups in total. The molecule has 0 radical (unpaired) electrons. The van der Waals surface area contributed by atoms with Crippen LogP contribution in [0.25, 0.3) is 0 Å². The van der Waals surface area contributed by atoms with Crippen molar-refractivity contribution in [3.8, 4) is 0 Å². The molecule has 28 heavy (non-hydrogen) atoms. The molecule has 0 saturated heterocycles. The van der Waals surface area contributed by atoms with Crippen LogP contribution in [0.5, 0.6) is 0 Å². The fourth-order valence-corrected chi connectivity index (χ4v) is 4.86. The van der Waals surface area contributed by atoms with Crippen molar-refractivity contribution in [2.45, 2.75) is 24.0 Å². The normalized spacial score (nSPS) is 17.2. The van der Waals surface area contributed by atoms with Gasteiger partial charge in [-0.25, -0.2) is 4.39 Å². The Morgan fingerprint density at radius 2 is 2.00 bits per heavy atom. The van der Waals surface area contributed by atoms with Crippen molar-refractivity contribution in [3.05, 3.63) is 63.9 Å². The Morgan fingerprint density at radius 3 is 2.64 bits per heavy atom. The van der Waals surface area contributed by atoms with Gasteiger partial charge in [-0.05, 0) is 47.9 Å². The van der Waals surface area contributed by atoms with Gasteiger partial charge in [0.15, 0.2) is 0 Å². The lowest BCUT2D eigenvalue weighted by atomic mass is 9.80. The van der Waals surface area contributed by atoms with E-state index in [0.29, 0.717) is 29.3 Å². The molecule has 0 aliphatic carbocycles. The molecule has 2 unspecified atom stereocenters.